The molecule has 0 aliphatic rings. The van der Waals surface area contributed by atoms with Gasteiger partial charge in [0.2, 0.25) is 0 Å². The van der Waals surface area contributed by atoms with Crippen molar-refractivity contribution in [3.8, 4) is 11.8 Å². The van der Waals surface area contributed by atoms with Crippen LogP contribution in [0.2, 0.25) is 0 Å². The Morgan fingerprint density at radius 1 is 1.14 bits per heavy atom. The maximum absolute atomic E-state index is 9.17. The van der Waals surface area contributed by atoms with Crippen LogP contribution in [0.4, 0.5) is 0 Å². The lowest BCUT2D eigenvalue weighted by Crippen LogP contribution is -2.07. The highest BCUT2D eigenvalue weighted by Gasteiger charge is 2.09. The molecule has 0 saturated carbocycles. The van der Waals surface area contributed by atoms with Crippen molar-refractivity contribution in [1.82, 2.24) is 4.98 Å². The zero-order valence-corrected chi connectivity index (χ0v) is 12.0. The predicted octanol–water partition coefficient (Wildman–Crippen LogP) is 2.54. The largest absolute Gasteiger partial charge is 0.491 e. The van der Waals surface area contributed by atoms with Gasteiger partial charge in [-0.3, -0.25) is 4.98 Å². The van der Waals surface area contributed by atoms with E-state index in [1.165, 1.54) is 0 Å². The van der Waals surface area contributed by atoms with Crippen molar-refractivity contribution in [2.75, 3.05) is 33.5 Å². The molecule has 1 heterocycles. The van der Waals surface area contributed by atoms with Crippen molar-refractivity contribution in [1.29, 1.82) is 5.26 Å². The van der Waals surface area contributed by atoms with E-state index in [2.05, 4.69) is 11.1 Å². The number of methoxy groups -OCH3 is 1. The third kappa shape index (κ3) is 4.15. The molecule has 0 unspecified atom stereocenters. The lowest BCUT2D eigenvalue weighted by atomic mass is 10.1. The smallest absolute Gasteiger partial charge is 0.148 e. The zero-order valence-electron chi connectivity index (χ0n) is 12.0. The molecule has 1 aromatic carbocycles. The van der Waals surface area contributed by atoms with E-state index in [0.717, 1.165) is 17.3 Å². The summed E-state index contributed by atoms with van der Waals surface area (Å²) in [5.74, 6) is 0.597. The van der Waals surface area contributed by atoms with Crippen LogP contribution < -0.4 is 4.74 Å². The van der Waals surface area contributed by atoms with Crippen molar-refractivity contribution in [2.45, 2.75) is 6.42 Å². The van der Waals surface area contributed by atoms with Gasteiger partial charge in [-0.25, -0.2) is 0 Å². The number of para-hydroxylation sites is 1. The van der Waals surface area contributed by atoms with Crippen LogP contribution in [0.5, 0.6) is 5.75 Å². The van der Waals surface area contributed by atoms with Gasteiger partial charge in [0.15, 0.2) is 0 Å². The molecule has 0 atom stereocenters. The summed E-state index contributed by atoms with van der Waals surface area (Å²) in [7, 11) is 1.64. The monoisotopic (exact) mass is 286 g/mol. The Kier molecular flexibility index (Phi) is 5.95. The van der Waals surface area contributed by atoms with Crippen LogP contribution in [-0.4, -0.2) is 38.5 Å². The Morgan fingerprint density at radius 3 is 2.81 bits per heavy atom. The maximum Gasteiger partial charge on any atom is 0.148 e. The number of pyridine rings is 1. The van der Waals surface area contributed by atoms with Crippen molar-refractivity contribution in [3.05, 3.63) is 36.0 Å². The molecule has 1 aromatic heterocycles. The van der Waals surface area contributed by atoms with Gasteiger partial charge in [0.1, 0.15) is 17.4 Å². The third-order valence-electron chi connectivity index (χ3n) is 2.96. The quantitative estimate of drug-likeness (QED) is 0.698. The molecular weight excluding hydrogens is 268 g/mol. The molecule has 0 radical (unpaired) electrons. The molecule has 2 rings (SSSR count). The number of benzene rings is 1. The molecule has 21 heavy (non-hydrogen) atoms. The summed E-state index contributed by atoms with van der Waals surface area (Å²) < 4.78 is 16.0. The summed E-state index contributed by atoms with van der Waals surface area (Å²) >= 11 is 0. The number of hydrogen-bond acceptors (Lipinski definition) is 5. The van der Waals surface area contributed by atoms with Gasteiger partial charge in [0.05, 0.1) is 25.3 Å². The lowest BCUT2D eigenvalue weighted by molar-refractivity contribution is 0.0645. The van der Waals surface area contributed by atoms with Gasteiger partial charge >= 0.3 is 0 Å². The van der Waals surface area contributed by atoms with E-state index >= 15 is 0 Å². The van der Waals surface area contributed by atoms with E-state index < -0.39 is 0 Å². The number of fused-ring (bicyclic) bond motifs is 1. The number of ether oxygens (including phenoxy) is 3. The minimum atomic E-state index is 0.453. The zero-order chi connectivity index (χ0) is 14.9. The van der Waals surface area contributed by atoms with Gasteiger partial charge < -0.3 is 14.2 Å². The van der Waals surface area contributed by atoms with Crippen molar-refractivity contribution >= 4 is 10.9 Å². The predicted molar refractivity (Wildman–Crippen MR) is 79.3 cm³/mol. The van der Waals surface area contributed by atoms with Crippen LogP contribution in [-0.2, 0) is 9.47 Å². The summed E-state index contributed by atoms with van der Waals surface area (Å²) in [4.78, 5) is 4.25. The third-order valence-corrected chi connectivity index (χ3v) is 2.96. The van der Waals surface area contributed by atoms with Gasteiger partial charge in [-0.1, -0.05) is 12.1 Å². The summed E-state index contributed by atoms with van der Waals surface area (Å²) in [6, 6.07) is 9.75. The number of aromatic nitrogens is 1. The van der Waals surface area contributed by atoms with Gasteiger partial charge in [-0.2, -0.15) is 5.26 Å². The summed E-state index contributed by atoms with van der Waals surface area (Å²) in [5, 5.41) is 10.0. The standard InChI is InChI=1S/C16H18N2O3/c1-19-9-10-20-7-4-8-21-16-13(11-17)12-18-15-6-3-2-5-14(15)16/h2-3,5-6,12H,4,7-10H2,1H3. The van der Waals surface area contributed by atoms with E-state index in [1.54, 1.807) is 13.3 Å². The van der Waals surface area contributed by atoms with E-state index in [0.29, 0.717) is 37.7 Å². The van der Waals surface area contributed by atoms with Crippen LogP contribution >= 0.6 is 0 Å². The van der Waals surface area contributed by atoms with Gasteiger partial charge in [-0.15, -0.1) is 0 Å². The van der Waals surface area contributed by atoms with Crippen molar-refractivity contribution in [2.24, 2.45) is 0 Å². The average molecular weight is 286 g/mol. The van der Waals surface area contributed by atoms with Crippen LogP contribution in [0.1, 0.15) is 12.0 Å². The molecular formula is C16H18N2O3. The molecule has 0 fully saturated rings. The molecule has 0 saturated heterocycles. The SMILES string of the molecule is COCCOCCCOc1c(C#N)cnc2ccccc12. The second-order valence-corrected chi connectivity index (χ2v) is 4.44. The molecule has 0 N–H and O–H groups in total. The first-order chi connectivity index (χ1) is 10.4. The summed E-state index contributed by atoms with van der Waals surface area (Å²) in [6.45, 7) is 2.27. The van der Waals surface area contributed by atoms with E-state index in [1.807, 2.05) is 24.3 Å². The first-order valence-electron chi connectivity index (χ1n) is 6.84. The highest BCUT2D eigenvalue weighted by atomic mass is 16.5. The van der Waals surface area contributed by atoms with E-state index in [9.17, 15) is 0 Å². The fraction of sp³-hybridized carbons (Fsp3) is 0.375. The highest BCUT2D eigenvalue weighted by molar-refractivity contribution is 5.86. The van der Waals surface area contributed by atoms with E-state index in [-0.39, 0.29) is 0 Å². The molecule has 0 amide bonds. The molecule has 0 bridgehead atoms. The Hall–Kier alpha value is -2.16. The number of hydrogen-bond donors (Lipinski definition) is 0. The average Bonchev–Trinajstić information content (AvgIpc) is 2.54. The first-order valence-corrected chi connectivity index (χ1v) is 6.84. The first kappa shape index (κ1) is 15.2. The summed E-state index contributed by atoms with van der Waals surface area (Å²) in [5.41, 5.74) is 1.27. The van der Waals surface area contributed by atoms with Crippen LogP contribution in [0.25, 0.3) is 10.9 Å². The fourth-order valence-corrected chi connectivity index (χ4v) is 1.93. The van der Waals surface area contributed by atoms with Crippen LogP contribution in [0.15, 0.2) is 30.5 Å². The topological polar surface area (TPSA) is 64.4 Å². The second kappa shape index (κ2) is 8.20. The minimum absolute atomic E-state index is 0.453. The van der Waals surface area contributed by atoms with Gasteiger partial charge in [0, 0.05) is 31.7 Å². The molecule has 0 aliphatic carbocycles. The highest BCUT2D eigenvalue weighted by Crippen LogP contribution is 2.27. The normalized spacial score (nSPS) is 10.5. The molecule has 110 valence electrons. The number of nitrogens with zero attached hydrogens (tertiary/aromatic N) is 2. The number of rotatable bonds is 8. The molecule has 5 heteroatoms. The van der Waals surface area contributed by atoms with Crippen molar-refractivity contribution < 1.29 is 14.2 Å². The molecule has 0 aliphatic heterocycles. The summed E-state index contributed by atoms with van der Waals surface area (Å²) in [6.07, 6.45) is 2.30. The lowest BCUT2D eigenvalue weighted by Gasteiger charge is -2.10. The van der Waals surface area contributed by atoms with E-state index in [4.69, 9.17) is 19.5 Å². The molecule has 0 spiro atoms. The van der Waals surface area contributed by atoms with Gasteiger partial charge in [0.25, 0.3) is 0 Å². The Balaban J connectivity index is 1.96. The van der Waals surface area contributed by atoms with Crippen molar-refractivity contribution in [3.63, 3.8) is 0 Å². The Morgan fingerprint density at radius 2 is 2.00 bits per heavy atom. The minimum Gasteiger partial charge on any atom is -0.491 e. The molecule has 5 nitrogen and oxygen atoms in total. The fourth-order valence-electron chi connectivity index (χ4n) is 1.93. The molecule has 2 aromatic rings. The van der Waals surface area contributed by atoms with Gasteiger partial charge in [-0.05, 0) is 12.1 Å². The Labute approximate surface area is 124 Å². The maximum atomic E-state index is 9.17. The second-order valence-electron chi connectivity index (χ2n) is 4.44. The Bertz CT molecular complexity index is 622. The van der Waals surface area contributed by atoms with Crippen LogP contribution in [0, 0.1) is 11.3 Å². The van der Waals surface area contributed by atoms with Crippen LogP contribution in [0.3, 0.4) is 0 Å². The number of nitriles is 1.